The third-order valence-corrected chi connectivity index (χ3v) is 4.38. The summed E-state index contributed by atoms with van der Waals surface area (Å²) in [6.07, 6.45) is 0.445. The fraction of sp³-hybridized carbons (Fsp3) is 0.500. The average molecular weight is 362 g/mol. The first kappa shape index (κ1) is 19.7. The predicted octanol–water partition coefficient (Wildman–Crippen LogP) is 1.06. The van der Waals surface area contributed by atoms with Crippen molar-refractivity contribution in [3.8, 4) is 5.75 Å². The molecule has 0 aromatic heterocycles. The molecule has 0 spiro atoms. The molecule has 0 saturated carbocycles. The topological polar surface area (TPSA) is 91.0 Å². The van der Waals surface area contributed by atoms with Gasteiger partial charge in [0.05, 0.1) is 6.54 Å². The van der Waals surface area contributed by atoms with Gasteiger partial charge in [0.25, 0.3) is 11.8 Å². The van der Waals surface area contributed by atoms with E-state index in [1.165, 1.54) is 0 Å². The number of likely N-dealkylation sites (N-methyl/N-ethyl adjacent to an activating group) is 1. The Hall–Kier alpha value is -2.61. The summed E-state index contributed by atoms with van der Waals surface area (Å²) in [4.78, 5) is 38.0. The van der Waals surface area contributed by atoms with E-state index in [4.69, 9.17) is 4.74 Å². The second-order valence-corrected chi connectivity index (χ2v) is 6.69. The summed E-state index contributed by atoms with van der Waals surface area (Å²) in [7, 11) is 1.76. The Morgan fingerprint density at radius 2 is 1.96 bits per heavy atom. The summed E-state index contributed by atoms with van der Waals surface area (Å²) < 4.78 is 5.62. The molecular weight excluding hydrogens is 336 g/mol. The van der Waals surface area contributed by atoms with Crippen molar-refractivity contribution in [2.24, 2.45) is 0 Å². The van der Waals surface area contributed by atoms with Crippen LogP contribution in [-0.2, 0) is 9.59 Å². The Balaban J connectivity index is 1.76. The monoisotopic (exact) mass is 362 g/mol. The SMILES string of the molecule is CCC1(C)NC(=O)N(NC(=O)CN(C)CCOc2ccc(C)cc2)C1=O. The molecule has 0 aliphatic carbocycles. The Morgan fingerprint density at radius 3 is 2.54 bits per heavy atom. The van der Waals surface area contributed by atoms with Crippen molar-refractivity contribution in [2.75, 3.05) is 26.7 Å². The molecule has 2 N–H and O–H groups in total. The summed E-state index contributed by atoms with van der Waals surface area (Å²) in [6, 6.07) is 7.11. The Kier molecular flexibility index (Phi) is 6.20. The van der Waals surface area contributed by atoms with Crippen molar-refractivity contribution in [2.45, 2.75) is 32.7 Å². The highest BCUT2D eigenvalue weighted by Gasteiger charge is 2.47. The van der Waals surface area contributed by atoms with Gasteiger partial charge in [0.1, 0.15) is 17.9 Å². The van der Waals surface area contributed by atoms with Crippen LogP contribution < -0.4 is 15.5 Å². The summed E-state index contributed by atoms with van der Waals surface area (Å²) in [5, 5.41) is 3.34. The van der Waals surface area contributed by atoms with Gasteiger partial charge in [0.15, 0.2) is 0 Å². The molecule has 0 radical (unpaired) electrons. The van der Waals surface area contributed by atoms with Gasteiger partial charge in [0, 0.05) is 6.54 Å². The number of hydrogen-bond donors (Lipinski definition) is 2. The molecule has 26 heavy (non-hydrogen) atoms. The highest BCUT2D eigenvalue weighted by Crippen LogP contribution is 2.19. The van der Waals surface area contributed by atoms with Crippen molar-refractivity contribution < 1.29 is 19.1 Å². The summed E-state index contributed by atoms with van der Waals surface area (Å²) in [5.41, 5.74) is 2.55. The van der Waals surface area contributed by atoms with Gasteiger partial charge in [-0.25, -0.2) is 4.79 Å². The lowest BCUT2D eigenvalue weighted by Gasteiger charge is -2.21. The minimum atomic E-state index is -0.974. The first-order valence-corrected chi connectivity index (χ1v) is 8.59. The van der Waals surface area contributed by atoms with Crippen molar-refractivity contribution in [3.05, 3.63) is 29.8 Å². The quantitative estimate of drug-likeness (QED) is 0.675. The molecule has 1 saturated heterocycles. The minimum Gasteiger partial charge on any atom is -0.492 e. The van der Waals surface area contributed by atoms with E-state index in [2.05, 4.69) is 10.7 Å². The fourth-order valence-corrected chi connectivity index (χ4v) is 2.46. The van der Waals surface area contributed by atoms with Gasteiger partial charge in [-0.1, -0.05) is 24.6 Å². The lowest BCUT2D eigenvalue weighted by Crippen LogP contribution is -2.51. The number of urea groups is 1. The van der Waals surface area contributed by atoms with Crippen molar-refractivity contribution >= 4 is 17.8 Å². The standard InChI is InChI=1S/C18H26N4O4/c1-5-18(3)16(24)22(17(25)19-18)20-15(23)12-21(4)10-11-26-14-8-6-13(2)7-9-14/h6-9H,5,10-12H2,1-4H3,(H,19,25)(H,20,23). The van der Waals surface area contributed by atoms with E-state index in [0.717, 1.165) is 16.3 Å². The average Bonchev–Trinajstić information content (AvgIpc) is 2.80. The molecule has 0 bridgehead atoms. The highest BCUT2D eigenvalue weighted by molar-refractivity contribution is 6.07. The van der Waals surface area contributed by atoms with Crippen LogP contribution in [0.1, 0.15) is 25.8 Å². The van der Waals surface area contributed by atoms with Gasteiger partial charge < -0.3 is 10.1 Å². The Bertz CT molecular complexity index is 676. The van der Waals surface area contributed by atoms with Crippen LogP contribution in [0.3, 0.4) is 0 Å². The Labute approximate surface area is 153 Å². The van der Waals surface area contributed by atoms with E-state index in [1.807, 2.05) is 31.2 Å². The Morgan fingerprint density at radius 1 is 1.31 bits per heavy atom. The second-order valence-electron chi connectivity index (χ2n) is 6.69. The zero-order chi connectivity index (χ0) is 19.3. The van der Waals surface area contributed by atoms with E-state index < -0.39 is 23.4 Å². The minimum absolute atomic E-state index is 0.0388. The molecule has 1 aliphatic heterocycles. The molecule has 8 nitrogen and oxygen atoms in total. The maximum atomic E-state index is 12.2. The molecular formula is C18H26N4O4. The van der Waals surface area contributed by atoms with Crippen molar-refractivity contribution in [3.63, 3.8) is 0 Å². The van der Waals surface area contributed by atoms with Gasteiger partial charge in [-0.3, -0.25) is 19.9 Å². The van der Waals surface area contributed by atoms with Crippen LogP contribution in [0.2, 0.25) is 0 Å². The number of hydrogen-bond acceptors (Lipinski definition) is 5. The maximum absolute atomic E-state index is 12.2. The first-order valence-electron chi connectivity index (χ1n) is 8.59. The van der Waals surface area contributed by atoms with Gasteiger partial charge in [0.2, 0.25) is 0 Å². The molecule has 1 aromatic rings. The molecule has 1 aromatic carbocycles. The van der Waals surface area contributed by atoms with Gasteiger partial charge in [-0.05, 0) is 39.4 Å². The van der Waals surface area contributed by atoms with Gasteiger partial charge in [-0.2, -0.15) is 5.01 Å². The van der Waals surface area contributed by atoms with Gasteiger partial charge in [-0.15, -0.1) is 0 Å². The molecule has 4 amide bonds. The molecule has 142 valence electrons. The fourth-order valence-electron chi connectivity index (χ4n) is 2.46. The molecule has 1 aliphatic rings. The lowest BCUT2D eigenvalue weighted by molar-refractivity contribution is -0.139. The second kappa shape index (κ2) is 8.18. The highest BCUT2D eigenvalue weighted by atomic mass is 16.5. The van der Waals surface area contributed by atoms with E-state index >= 15 is 0 Å². The van der Waals surface area contributed by atoms with Crippen molar-refractivity contribution in [1.29, 1.82) is 0 Å². The summed E-state index contributed by atoms with van der Waals surface area (Å²) in [6.45, 7) is 6.42. The summed E-state index contributed by atoms with van der Waals surface area (Å²) >= 11 is 0. The number of carbonyl (C=O) groups is 3. The van der Waals surface area contributed by atoms with E-state index in [1.54, 1.807) is 25.8 Å². The smallest absolute Gasteiger partial charge is 0.344 e. The molecule has 1 fully saturated rings. The third kappa shape index (κ3) is 4.72. The van der Waals surface area contributed by atoms with Crippen LogP contribution in [0, 0.1) is 6.92 Å². The zero-order valence-electron chi connectivity index (χ0n) is 15.7. The normalized spacial score (nSPS) is 19.7. The molecule has 2 rings (SSSR count). The van der Waals surface area contributed by atoms with Crippen LogP contribution in [-0.4, -0.2) is 60.0 Å². The van der Waals surface area contributed by atoms with Crippen molar-refractivity contribution in [1.82, 2.24) is 20.7 Å². The number of nitrogens with zero attached hydrogens (tertiary/aromatic N) is 2. The summed E-state index contributed by atoms with van der Waals surface area (Å²) in [5.74, 6) is -0.123. The van der Waals surface area contributed by atoms with Gasteiger partial charge >= 0.3 is 6.03 Å². The number of aryl methyl sites for hydroxylation is 1. The lowest BCUT2D eigenvalue weighted by atomic mass is 10.00. The number of hydrazine groups is 1. The molecule has 1 atom stereocenters. The number of ether oxygens (including phenoxy) is 1. The first-order chi connectivity index (χ1) is 12.2. The molecule has 1 unspecified atom stereocenters. The number of amides is 4. The maximum Gasteiger partial charge on any atom is 0.344 e. The molecule has 1 heterocycles. The van der Waals surface area contributed by atoms with E-state index in [-0.39, 0.29) is 6.54 Å². The van der Waals surface area contributed by atoms with Crippen LogP contribution in [0.15, 0.2) is 24.3 Å². The van der Waals surface area contributed by atoms with E-state index in [0.29, 0.717) is 19.6 Å². The predicted molar refractivity (Wildman–Crippen MR) is 96.4 cm³/mol. The van der Waals surface area contributed by atoms with Crippen LogP contribution in [0.25, 0.3) is 0 Å². The zero-order valence-corrected chi connectivity index (χ0v) is 15.7. The van der Waals surface area contributed by atoms with E-state index in [9.17, 15) is 14.4 Å². The van der Waals surface area contributed by atoms with Crippen LogP contribution >= 0.6 is 0 Å². The number of imide groups is 1. The molecule has 8 heteroatoms. The third-order valence-electron chi connectivity index (χ3n) is 4.38. The van der Waals surface area contributed by atoms with Crippen LogP contribution in [0.5, 0.6) is 5.75 Å². The van der Waals surface area contributed by atoms with Crippen LogP contribution in [0.4, 0.5) is 4.79 Å². The number of rotatable bonds is 8. The number of nitrogens with one attached hydrogen (secondary N) is 2. The number of carbonyl (C=O) groups excluding carboxylic acids is 3. The largest absolute Gasteiger partial charge is 0.492 e. The number of benzene rings is 1.